The molecule has 34 heavy (non-hydrogen) atoms. The van der Waals surface area contributed by atoms with E-state index in [0.29, 0.717) is 30.1 Å². The molecular formula is C30H48O4. The lowest BCUT2D eigenvalue weighted by atomic mass is 9.33. The van der Waals surface area contributed by atoms with Crippen LogP contribution in [0.2, 0.25) is 0 Å². The van der Waals surface area contributed by atoms with Gasteiger partial charge in [-0.05, 0) is 103 Å². The zero-order chi connectivity index (χ0) is 25.1. The molecule has 3 N–H and O–H groups in total. The lowest BCUT2D eigenvalue weighted by Crippen LogP contribution is -2.67. The molecule has 4 nitrogen and oxygen atoms in total. The average molecular weight is 473 g/mol. The van der Waals surface area contributed by atoms with Gasteiger partial charge in [-0.3, -0.25) is 4.79 Å². The zero-order valence-electron chi connectivity index (χ0n) is 22.5. The molecule has 4 unspecified atom stereocenters. The molecule has 0 saturated heterocycles. The molecule has 192 valence electrons. The van der Waals surface area contributed by atoms with Crippen LogP contribution >= 0.6 is 0 Å². The Labute approximate surface area is 206 Å². The molecule has 0 radical (unpaired) electrons. The molecule has 0 aromatic carbocycles. The summed E-state index contributed by atoms with van der Waals surface area (Å²) in [6.07, 6.45) is 8.53. The predicted molar refractivity (Wildman–Crippen MR) is 134 cm³/mol. The maximum Gasteiger partial charge on any atom is 0.310 e. The molecular weight excluding hydrogens is 424 g/mol. The van der Waals surface area contributed by atoms with Crippen LogP contribution in [0.25, 0.3) is 0 Å². The lowest BCUT2D eigenvalue weighted by Gasteiger charge is -2.71. The number of carboxylic acid groups (broad SMARTS) is 1. The number of aliphatic hydroxyl groups is 2. The van der Waals surface area contributed by atoms with Gasteiger partial charge in [0.25, 0.3) is 0 Å². The Bertz CT molecular complexity index is 907. The molecule has 5 rings (SSSR count). The van der Waals surface area contributed by atoms with Crippen LogP contribution in [0.15, 0.2) is 11.6 Å². The molecule has 5 aliphatic carbocycles. The number of carbonyl (C=O) groups is 1. The molecule has 0 heterocycles. The first-order chi connectivity index (χ1) is 15.7. The Hall–Kier alpha value is -0.870. The minimum Gasteiger partial charge on any atom is -0.481 e. The van der Waals surface area contributed by atoms with E-state index in [0.717, 1.165) is 44.9 Å². The number of aliphatic carboxylic acids is 1. The Kier molecular flexibility index (Phi) is 5.36. The van der Waals surface area contributed by atoms with E-state index in [1.54, 1.807) is 0 Å². The van der Waals surface area contributed by atoms with Gasteiger partial charge in [0.1, 0.15) is 0 Å². The molecule has 4 fully saturated rings. The van der Waals surface area contributed by atoms with Gasteiger partial charge in [-0.1, -0.05) is 60.1 Å². The van der Waals surface area contributed by atoms with Gasteiger partial charge in [0, 0.05) is 0 Å². The van der Waals surface area contributed by atoms with Crippen LogP contribution in [-0.4, -0.2) is 33.5 Å². The molecule has 4 heteroatoms. The van der Waals surface area contributed by atoms with Gasteiger partial charge in [-0.15, -0.1) is 0 Å². The van der Waals surface area contributed by atoms with Crippen LogP contribution in [0.4, 0.5) is 0 Å². The quantitative estimate of drug-likeness (QED) is 0.405. The van der Waals surface area contributed by atoms with E-state index in [-0.39, 0.29) is 27.6 Å². The minimum absolute atomic E-state index is 0.00993. The summed E-state index contributed by atoms with van der Waals surface area (Å²) in [4.78, 5) is 12.8. The van der Waals surface area contributed by atoms with Crippen molar-refractivity contribution in [1.82, 2.24) is 0 Å². The number of carboxylic acids is 1. The highest BCUT2D eigenvalue weighted by molar-refractivity contribution is 5.76. The first-order valence-corrected chi connectivity index (χ1v) is 14.0. The van der Waals surface area contributed by atoms with E-state index in [2.05, 4.69) is 54.5 Å². The molecule has 0 amide bonds. The van der Waals surface area contributed by atoms with Crippen LogP contribution in [0, 0.1) is 56.7 Å². The largest absolute Gasteiger partial charge is 0.481 e. The summed E-state index contributed by atoms with van der Waals surface area (Å²) in [5.41, 5.74) is 0.574. The Balaban J connectivity index is 1.62. The number of hydrogen-bond acceptors (Lipinski definition) is 3. The van der Waals surface area contributed by atoms with Crippen molar-refractivity contribution >= 4 is 5.97 Å². The fourth-order valence-electron chi connectivity index (χ4n) is 11.0. The summed E-state index contributed by atoms with van der Waals surface area (Å²) >= 11 is 0. The first kappa shape index (κ1) is 24.8. The number of aliphatic hydroxyl groups excluding tert-OH is 2. The Morgan fingerprint density at radius 1 is 0.941 bits per heavy atom. The smallest absolute Gasteiger partial charge is 0.310 e. The van der Waals surface area contributed by atoms with Crippen LogP contribution in [0.1, 0.15) is 99.8 Å². The summed E-state index contributed by atoms with van der Waals surface area (Å²) in [5, 5.41) is 32.4. The second kappa shape index (κ2) is 7.34. The van der Waals surface area contributed by atoms with Crippen molar-refractivity contribution in [3.63, 3.8) is 0 Å². The van der Waals surface area contributed by atoms with Crippen molar-refractivity contribution in [1.29, 1.82) is 0 Å². The second-order valence-corrected chi connectivity index (χ2v) is 14.6. The molecule has 0 bridgehead atoms. The molecule has 4 saturated carbocycles. The van der Waals surface area contributed by atoms with Crippen molar-refractivity contribution in [2.45, 2.75) is 112 Å². The van der Waals surface area contributed by atoms with Crippen LogP contribution in [0.3, 0.4) is 0 Å². The van der Waals surface area contributed by atoms with Crippen molar-refractivity contribution in [3.05, 3.63) is 11.6 Å². The summed E-state index contributed by atoms with van der Waals surface area (Å²) < 4.78 is 0. The van der Waals surface area contributed by atoms with Crippen molar-refractivity contribution in [2.24, 2.45) is 56.7 Å². The maximum atomic E-state index is 12.8. The van der Waals surface area contributed by atoms with Gasteiger partial charge in [0.15, 0.2) is 0 Å². The summed E-state index contributed by atoms with van der Waals surface area (Å²) in [7, 11) is 0. The van der Waals surface area contributed by atoms with Crippen molar-refractivity contribution in [2.75, 3.05) is 0 Å². The van der Waals surface area contributed by atoms with Crippen LogP contribution < -0.4 is 0 Å². The highest BCUT2D eigenvalue weighted by atomic mass is 16.4. The van der Waals surface area contributed by atoms with Gasteiger partial charge in [-0.25, -0.2) is 0 Å². The van der Waals surface area contributed by atoms with Crippen LogP contribution in [0.5, 0.6) is 0 Å². The predicted octanol–water partition coefficient (Wildman–Crippen LogP) is 6.06. The Morgan fingerprint density at radius 3 is 2.26 bits per heavy atom. The number of hydrogen-bond donors (Lipinski definition) is 3. The Morgan fingerprint density at radius 2 is 1.62 bits per heavy atom. The van der Waals surface area contributed by atoms with E-state index in [1.165, 1.54) is 5.57 Å². The molecule has 0 spiro atoms. The van der Waals surface area contributed by atoms with Gasteiger partial charge in [0.05, 0.1) is 17.6 Å². The third kappa shape index (κ3) is 2.76. The van der Waals surface area contributed by atoms with E-state index < -0.39 is 23.6 Å². The van der Waals surface area contributed by atoms with Gasteiger partial charge in [-0.2, -0.15) is 0 Å². The summed E-state index contributed by atoms with van der Waals surface area (Å²) in [5.74, 6) is 1.30. The van der Waals surface area contributed by atoms with E-state index >= 15 is 0 Å². The van der Waals surface area contributed by atoms with Crippen LogP contribution in [-0.2, 0) is 4.79 Å². The monoisotopic (exact) mass is 472 g/mol. The van der Waals surface area contributed by atoms with E-state index in [1.807, 2.05) is 0 Å². The van der Waals surface area contributed by atoms with E-state index in [4.69, 9.17) is 0 Å². The standard InChI is InChI=1S/C30H48O4/c1-17-10-13-30(25(33)34)15-14-28(6)19(23(30)18(17)2)8-9-22-27(5)16-20(31)24(32)26(3,4)21(27)11-12-29(22,28)7/h8,17-18,20-24,31-32H,9-16H2,1-7H3,(H,33,34)/t17?,18?,20?,21-,22+,23-,24?,27-,28+,29+,30-/m0/s1. The molecule has 0 aliphatic heterocycles. The molecule has 0 aromatic rings. The number of rotatable bonds is 1. The number of allylic oxidation sites excluding steroid dienone is 2. The van der Waals surface area contributed by atoms with Gasteiger partial charge >= 0.3 is 5.97 Å². The molecule has 5 aliphatic rings. The first-order valence-electron chi connectivity index (χ1n) is 14.0. The fourth-order valence-corrected chi connectivity index (χ4v) is 11.0. The normalized spacial score (nSPS) is 56.3. The maximum absolute atomic E-state index is 12.8. The number of fused-ring (bicyclic) bond motifs is 7. The zero-order valence-corrected chi connectivity index (χ0v) is 22.5. The van der Waals surface area contributed by atoms with Gasteiger partial charge < -0.3 is 15.3 Å². The molecule has 0 aromatic heterocycles. The summed E-state index contributed by atoms with van der Waals surface area (Å²) in [6.45, 7) is 16.3. The fraction of sp³-hybridized carbons (Fsp3) is 0.900. The lowest BCUT2D eigenvalue weighted by molar-refractivity contribution is -0.232. The van der Waals surface area contributed by atoms with E-state index in [9.17, 15) is 20.1 Å². The third-order valence-electron chi connectivity index (χ3n) is 13.4. The third-order valence-corrected chi connectivity index (χ3v) is 13.4. The molecule has 11 atom stereocenters. The van der Waals surface area contributed by atoms with Gasteiger partial charge in [0.2, 0.25) is 0 Å². The highest BCUT2D eigenvalue weighted by Crippen LogP contribution is 2.75. The van der Waals surface area contributed by atoms with Crippen molar-refractivity contribution in [3.8, 4) is 0 Å². The summed E-state index contributed by atoms with van der Waals surface area (Å²) in [6, 6.07) is 0. The van der Waals surface area contributed by atoms with Crippen molar-refractivity contribution < 1.29 is 20.1 Å². The average Bonchev–Trinajstić information content (AvgIpc) is 2.75. The minimum atomic E-state index is -0.679. The highest BCUT2D eigenvalue weighted by Gasteiger charge is 2.70. The topological polar surface area (TPSA) is 77.8 Å². The second-order valence-electron chi connectivity index (χ2n) is 14.6. The SMILES string of the molecule is CC1CC[C@]2(C(=O)O)CC[C@]3(C)C(=CC[C@@H]4[C@@]5(C)CC(O)C(O)C(C)(C)[C@@H]5CC[C@]43C)[C@@H]2C1C.